The zero-order chi connectivity index (χ0) is 13.8. The second-order valence-corrected chi connectivity index (χ2v) is 5.13. The molecule has 6 nitrogen and oxygen atoms in total. The number of hydrogen-bond donors (Lipinski definition) is 3. The first-order valence-corrected chi connectivity index (χ1v) is 6.90. The summed E-state index contributed by atoms with van der Waals surface area (Å²) >= 11 is 0. The summed E-state index contributed by atoms with van der Waals surface area (Å²) in [5.41, 5.74) is 3.69. The second kappa shape index (κ2) is 6.16. The molecule has 0 spiro atoms. The molecule has 106 valence electrons. The monoisotopic (exact) mass is 265 g/mol. The molecule has 0 bridgehead atoms. The fourth-order valence-electron chi connectivity index (χ4n) is 2.80. The highest BCUT2D eigenvalue weighted by Gasteiger charge is 2.33. The maximum absolute atomic E-state index is 9.59. The molecular weight excluding hydrogens is 242 g/mol. The number of hydrogen-bond acceptors (Lipinski definition) is 6. The van der Waals surface area contributed by atoms with Gasteiger partial charge in [-0.15, -0.1) is 0 Å². The van der Waals surface area contributed by atoms with Crippen molar-refractivity contribution in [2.24, 2.45) is 11.8 Å². The van der Waals surface area contributed by atoms with Gasteiger partial charge in [-0.1, -0.05) is 20.3 Å². The Bertz CT molecular complexity index is 425. The molecule has 0 aromatic carbocycles. The van der Waals surface area contributed by atoms with Crippen molar-refractivity contribution in [3.63, 3.8) is 0 Å². The first kappa shape index (κ1) is 14.0. The molecule has 1 aliphatic rings. The average molecular weight is 265 g/mol. The van der Waals surface area contributed by atoms with Crippen LogP contribution in [0.1, 0.15) is 32.3 Å². The van der Waals surface area contributed by atoms with E-state index < -0.39 is 0 Å². The van der Waals surface area contributed by atoms with Gasteiger partial charge in [0.1, 0.15) is 18.0 Å². The highest BCUT2D eigenvalue weighted by molar-refractivity contribution is 5.59. The number of nitrogens with two attached hydrogens (primary N) is 1. The first-order chi connectivity index (χ1) is 9.22. The maximum atomic E-state index is 9.59. The van der Waals surface area contributed by atoms with Crippen LogP contribution in [0.15, 0.2) is 6.33 Å². The van der Waals surface area contributed by atoms with Crippen molar-refractivity contribution < 1.29 is 5.11 Å². The molecule has 2 atom stereocenters. The summed E-state index contributed by atoms with van der Waals surface area (Å²) in [6, 6.07) is 0.135. The average Bonchev–Trinajstić information content (AvgIpc) is 2.80. The maximum Gasteiger partial charge on any atom is 0.148 e. The van der Waals surface area contributed by atoms with Gasteiger partial charge in [-0.25, -0.2) is 15.8 Å². The minimum absolute atomic E-state index is 0.135. The van der Waals surface area contributed by atoms with Gasteiger partial charge >= 0.3 is 0 Å². The van der Waals surface area contributed by atoms with Crippen LogP contribution in [0.4, 0.5) is 11.6 Å². The summed E-state index contributed by atoms with van der Waals surface area (Å²) < 4.78 is 0. The van der Waals surface area contributed by atoms with Gasteiger partial charge in [0, 0.05) is 12.1 Å². The van der Waals surface area contributed by atoms with Crippen LogP contribution in [0.25, 0.3) is 0 Å². The zero-order valence-electron chi connectivity index (χ0n) is 11.6. The van der Waals surface area contributed by atoms with Gasteiger partial charge in [-0.05, 0) is 18.8 Å². The van der Waals surface area contributed by atoms with Crippen LogP contribution in [0.5, 0.6) is 0 Å². The van der Waals surface area contributed by atoms with Gasteiger partial charge in [0.25, 0.3) is 0 Å². The van der Waals surface area contributed by atoms with Crippen molar-refractivity contribution in [3.8, 4) is 0 Å². The van der Waals surface area contributed by atoms with Crippen molar-refractivity contribution in [2.75, 3.05) is 23.5 Å². The number of nitrogens with one attached hydrogen (secondary N) is 1. The molecule has 4 N–H and O–H groups in total. The number of aromatic nitrogens is 2. The molecule has 19 heavy (non-hydrogen) atoms. The van der Waals surface area contributed by atoms with Crippen LogP contribution in [-0.2, 0) is 6.42 Å². The van der Waals surface area contributed by atoms with E-state index in [0.29, 0.717) is 11.7 Å². The van der Waals surface area contributed by atoms with E-state index in [0.717, 1.165) is 37.2 Å². The Kier molecular flexibility index (Phi) is 4.55. The van der Waals surface area contributed by atoms with Crippen molar-refractivity contribution in [3.05, 3.63) is 11.9 Å². The zero-order valence-corrected chi connectivity index (χ0v) is 11.6. The highest BCUT2D eigenvalue weighted by Crippen LogP contribution is 2.32. The number of anilines is 2. The Balaban J connectivity index is 2.38. The fraction of sp³-hybridized carbons (Fsp3) is 0.692. The van der Waals surface area contributed by atoms with Crippen molar-refractivity contribution in [1.82, 2.24) is 9.97 Å². The normalized spacial score (nSPS) is 22.8. The van der Waals surface area contributed by atoms with Crippen molar-refractivity contribution in [1.29, 1.82) is 0 Å². The van der Waals surface area contributed by atoms with E-state index in [1.54, 1.807) is 0 Å². The number of aliphatic hydroxyl groups is 1. The lowest BCUT2D eigenvalue weighted by Gasteiger charge is -2.28. The second-order valence-electron chi connectivity index (χ2n) is 5.13. The standard InChI is InChI=1S/C13H23N5O/c1-3-4-10-12(17-14)15-8-16-13(10)18-6-5-9(2)11(18)7-19/h8-9,11,19H,3-7,14H2,1-2H3,(H,15,16,17). The van der Waals surface area contributed by atoms with E-state index in [9.17, 15) is 5.11 Å². The lowest BCUT2D eigenvalue weighted by molar-refractivity contribution is 0.244. The van der Waals surface area contributed by atoms with Crippen LogP contribution in [0.2, 0.25) is 0 Å². The summed E-state index contributed by atoms with van der Waals surface area (Å²) in [5.74, 6) is 7.60. The predicted molar refractivity (Wildman–Crippen MR) is 75.8 cm³/mol. The molecule has 6 heteroatoms. The van der Waals surface area contributed by atoms with Crippen LogP contribution in [0.3, 0.4) is 0 Å². The number of rotatable bonds is 5. The smallest absolute Gasteiger partial charge is 0.148 e. The molecule has 1 saturated heterocycles. The summed E-state index contributed by atoms with van der Waals surface area (Å²) in [7, 11) is 0. The number of hydrazine groups is 1. The fourth-order valence-corrected chi connectivity index (χ4v) is 2.80. The van der Waals surface area contributed by atoms with Gasteiger partial charge in [0.2, 0.25) is 0 Å². The Hall–Kier alpha value is -1.40. The van der Waals surface area contributed by atoms with Crippen LogP contribution in [0, 0.1) is 5.92 Å². The van der Waals surface area contributed by atoms with E-state index in [1.165, 1.54) is 6.33 Å². The molecule has 2 heterocycles. The lowest BCUT2D eigenvalue weighted by Crippen LogP contribution is -2.36. The van der Waals surface area contributed by atoms with Crippen LogP contribution in [-0.4, -0.2) is 34.3 Å². The summed E-state index contributed by atoms with van der Waals surface area (Å²) in [5, 5.41) is 9.59. The van der Waals surface area contributed by atoms with Gasteiger partial charge in [0.05, 0.1) is 12.6 Å². The van der Waals surface area contributed by atoms with Crippen molar-refractivity contribution in [2.45, 2.75) is 39.2 Å². The highest BCUT2D eigenvalue weighted by atomic mass is 16.3. The van der Waals surface area contributed by atoms with E-state index in [2.05, 4.69) is 34.1 Å². The molecule has 2 unspecified atom stereocenters. The summed E-state index contributed by atoms with van der Waals surface area (Å²) in [4.78, 5) is 10.8. The van der Waals surface area contributed by atoms with Crippen LogP contribution >= 0.6 is 0 Å². The molecule has 1 aromatic rings. The third kappa shape index (κ3) is 2.64. The Morgan fingerprint density at radius 2 is 2.32 bits per heavy atom. The molecule has 1 fully saturated rings. The Labute approximate surface area is 114 Å². The minimum Gasteiger partial charge on any atom is -0.394 e. The Morgan fingerprint density at radius 3 is 2.95 bits per heavy atom. The van der Waals surface area contributed by atoms with Gasteiger partial charge < -0.3 is 15.4 Å². The molecule has 0 saturated carbocycles. The Morgan fingerprint density at radius 1 is 1.53 bits per heavy atom. The minimum atomic E-state index is 0.135. The van der Waals surface area contributed by atoms with E-state index >= 15 is 0 Å². The molecule has 2 rings (SSSR count). The van der Waals surface area contributed by atoms with Gasteiger partial charge in [0.15, 0.2) is 0 Å². The topological polar surface area (TPSA) is 87.3 Å². The molecular formula is C13H23N5O. The van der Waals surface area contributed by atoms with E-state index in [-0.39, 0.29) is 12.6 Å². The van der Waals surface area contributed by atoms with E-state index in [4.69, 9.17) is 5.84 Å². The molecule has 1 aromatic heterocycles. The SMILES string of the molecule is CCCc1c(NN)ncnc1N1CCC(C)C1CO. The quantitative estimate of drug-likeness (QED) is 0.542. The molecule has 0 aliphatic carbocycles. The lowest BCUT2D eigenvalue weighted by atomic mass is 10.0. The third-order valence-electron chi connectivity index (χ3n) is 3.90. The predicted octanol–water partition coefficient (Wildman–Crippen LogP) is 0.922. The largest absolute Gasteiger partial charge is 0.394 e. The number of nitrogens with zero attached hydrogens (tertiary/aromatic N) is 3. The molecule has 1 aliphatic heterocycles. The molecule has 0 amide bonds. The number of nitrogen functional groups attached to an aromatic ring is 1. The van der Waals surface area contributed by atoms with E-state index in [1.807, 2.05) is 0 Å². The third-order valence-corrected chi connectivity index (χ3v) is 3.90. The number of aliphatic hydroxyl groups excluding tert-OH is 1. The molecule has 0 radical (unpaired) electrons. The van der Waals surface area contributed by atoms with Crippen LogP contribution < -0.4 is 16.2 Å². The summed E-state index contributed by atoms with van der Waals surface area (Å²) in [6.07, 6.45) is 4.48. The van der Waals surface area contributed by atoms with Gasteiger partial charge in [-0.2, -0.15) is 0 Å². The first-order valence-electron chi connectivity index (χ1n) is 6.90. The van der Waals surface area contributed by atoms with Crippen molar-refractivity contribution >= 4 is 11.6 Å². The van der Waals surface area contributed by atoms with Gasteiger partial charge in [-0.3, -0.25) is 0 Å². The summed E-state index contributed by atoms with van der Waals surface area (Å²) in [6.45, 7) is 5.36.